The van der Waals surface area contributed by atoms with E-state index in [0.29, 0.717) is 25.0 Å². The number of aromatic carboxylic acids is 1. The van der Waals surface area contributed by atoms with Crippen LogP contribution in [0.15, 0.2) is 23.1 Å². The van der Waals surface area contributed by atoms with Gasteiger partial charge in [-0.25, -0.2) is 9.18 Å². The Balaban J connectivity index is 2.06. The lowest BCUT2D eigenvalue weighted by Gasteiger charge is -2.15. The van der Waals surface area contributed by atoms with Gasteiger partial charge in [0.1, 0.15) is 11.4 Å². The molecule has 7 heteroatoms. The second-order valence-electron chi connectivity index (χ2n) is 8.41. The van der Waals surface area contributed by atoms with Gasteiger partial charge in [0.05, 0.1) is 11.2 Å². The highest BCUT2D eigenvalue weighted by molar-refractivity contribution is 5.93. The highest BCUT2D eigenvalue weighted by Gasteiger charge is 2.17. The molecule has 2 aromatic rings. The van der Waals surface area contributed by atoms with Crippen LogP contribution < -0.4 is 10.7 Å². The Morgan fingerprint density at radius 1 is 1.00 bits per heavy atom. The summed E-state index contributed by atoms with van der Waals surface area (Å²) in [5.41, 5.74) is -0.258. The highest BCUT2D eigenvalue weighted by Crippen LogP contribution is 2.23. The number of pyridine rings is 1. The SMILES string of the molecule is CCCCCCCCCCCCn1cc(C(=O)O)c(=O)c2cc(F)c(NCCCO)cc21. The smallest absolute Gasteiger partial charge is 0.341 e. The molecule has 0 aliphatic carbocycles. The molecule has 0 saturated heterocycles. The molecule has 3 N–H and O–H groups in total. The quantitative estimate of drug-likeness (QED) is 0.293. The van der Waals surface area contributed by atoms with Crippen LogP contribution in [0.25, 0.3) is 10.9 Å². The van der Waals surface area contributed by atoms with Crippen molar-refractivity contribution in [3.8, 4) is 0 Å². The summed E-state index contributed by atoms with van der Waals surface area (Å²) in [6, 6.07) is 2.67. The summed E-state index contributed by atoms with van der Waals surface area (Å²) in [6.07, 6.45) is 13.8. The molecular formula is C25H37FN2O4. The first-order valence-electron chi connectivity index (χ1n) is 11.9. The monoisotopic (exact) mass is 448 g/mol. The van der Waals surface area contributed by atoms with Crippen molar-refractivity contribution in [3.05, 3.63) is 39.9 Å². The Labute approximate surface area is 189 Å². The molecule has 1 aromatic carbocycles. The molecule has 6 nitrogen and oxygen atoms in total. The molecule has 1 aromatic heterocycles. The minimum atomic E-state index is -1.31. The third-order valence-electron chi connectivity index (χ3n) is 5.80. The first-order chi connectivity index (χ1) is 15.5. The van der Waals surface area contributed by atoms with E-state index in [0.717, 1.165) is 25.3 Å². The number of hydrogen-bond acceptors (Lipinski definition) is 4. The number of rotatable bonds is 16. The van der Waals surface area contributed by atoms with E-state index < -0.39 is 17.2 Å². The van der Waals surface area contributed by atoms with Crippen LogP contribution in [0.5, 0.6) is 0 Å². The summed E-state index contributed by atoms with van der Waals surface area (Å²) in [6.45, 7) is 3.17. The Bertz CT molecular complexity index is 926. The number of fused-ring (bicyclic) bond motifs is 1. The summed E-state index contributed by atoms with van der Waals surface area (Å²) in [5.74, 6) is -1.92. The molecule has 32 heavy (non-hydrogen) atoms. The lowest BCUT2D eigenvalue weighted by atomic mass is 10.1. The van der Waals surface area contributed by atoms with Crippen LogP contribution in [-0.4, -0.2) is 33.9 Å². The average Bonchev–Trinajstić information content (AvgIpc) is 2.77. The van der Waals surface area contributed by atoms with Gasteiger partial charge >= 0.3 is 5.97 Å². The summed E-state index contributed by atoms with van der Waals surface area (Å²) in [4.78, 5) is 24.1. The van der Waals surface area contributed by atoms with Crippen molar-refractivity contribution in [2.24, 2.45) is 0 Å². The highest BCUT2D eigenvalue weighted by atomic mass is 19.1. The number of carboxylic acid groups (broad SMARTS) is 1. The van der Waals surface area contributed by atoms with Gasteiger partial charge in [-0.1, -0.05) is 64.7 Å². The van der Waals surface area contributed by atoms with E-state index in [1.807, 2.05) is 0 Å². The number of carbonyl (C=O) groups is 1. The fraction of sp³-hybridized carbons (Fsp3) is 0.600. The number of anilines is 1. The van der Waals surface area contributed by atoms with Gasteiger partial charge in [-0.3, -0.25) is 4.79 Å². The molecule has 0 amide bonds. The van der Waals surface area contributed by atoms with Gasteiger partial charge in [-0.15, -0.1) is 0 Å². The molecule has 0 unspecified atom stereocenters. The number of aliphatic hydroxyl groups is 1. The fourth-order valence-corrected chi connectivity index (χ4v) is 3.95. The van der Waals surface area contributed by atoms with Crippen molar-refractivity contribution in [2.75, 3.05) is 18.5 Å². The Kier molecular flexibility index (Phi) is 11.2. The van der Waals surface area contributed by atoms with Gasteiger partial charge < -0.3 is 20.1 Å². The molecule has 0 bridgehead atoms. The normalized spacial score (nSPS) is 11.2. The first-order valence-corrected chi connectivity index (χ1v) is 11.9. The predicted molar refractivity (Wildman–Crippen MR) is 127 cm³/mol. The maximum atomic E-state index is 14.5. The topological polar surface area (TPSA) is 91.6 Å². The molecule has 0 radical (unpaired) electrons. The van der Waals surface area contributed by atoms with Gasteiger partial charge in [-0.2, -0.15) is 0 Å². The molecule has 1 heterocycles. The standard InChI is InChI=1S/C25H37FN2O4/c1-2-3-4-5-6-7-8-9-10-11-14-28-18-20(25(31)32)24(30)19-16-21(26)22(17-23(19)28)27-13-12-15-29/h16-18,27,29H,2-15H2,1H3,(H,31,32). The largest absolute Gasteiger partial charge is 0.477 e. The van der Waals surface area contributed by atoms with E-state index in [9.17, 15) is 19.1 Å². The minimum absolute atomic E-state index is 0.00633. The molecule has 0 atom stereocenters. The van der Waals surface area contributed by atoms with E-state index in [1.165, 1.54) is 51.1 Å². The van der Waals surface area contributed by atoms with Gasteiger partial charge in [-0.05, 0) is 25.0 Å². The zero-order valence-electron chi connectivity index (χ0n) is 19.2. The van der Waals surface area contributed by atoms with Crippen molar-refractivity contribution >= 4 is 22.6 Å². The first kappa shape index (κ1) is 25.8. The fourth-order valence-electron chi connectivity index (χ4n) is 3.95. The van der Waals surface area contributed by atoms with Gasteiger partial charge in [0.25, 0.3) is 0 Å². The van der Waals surface area contributed by atoms with E-state index >= 15 is 0 Å². The summed E-state index contributed by atoms with van der Waals surface area (Å²) in [5, 5.41) is 21.4. The number of hydrogen-bond donors (Lipinski definition) is 3. The van der Waals surface area contributed by atoms with Crippen molar-refractivity contribution in [3.63, 3.8) is 0 Å². The molecule has 0 spiro atoms. The van der Waals surface area contributed by atoms with E-state index in [4.69, 9.17) is 5.11 Å². The third-order valence-corrected chi connectivity index (χ3v) is 5.80. The summed E-state index contributed by atoms with van der Waals surface area (Å²) in [7, 11) is 0. The summed E-state index contributed by atoms with van der Waals surface area (Å²) >= 11 is 0. The summed E-state index contributed by atoms with van der Waals surface area (Å²) < 4.78 is 16.2. The van der Waals surface area contributed by atoms with Crippen molar-refractivity contribution in [1.29, 1.82) is 0 Å². The van der Waals surface area contributed by atoms with E-state index in [2.05, 4.69) is 12.2 Å². The number of aromatic nitrogens is 1. The minimum Gasteiger partial charge on any atom is -0.477 e. The maximum Gasteiger partial charge on any atom is 0.341 e. The Hall–Kier alpha value is -2.41. The van der Waals surface area contributed by atoms with Crippen molar-refractivity contribution < 1.29 is 19.4 Å². The second kappa shape index (κ2) is 13.9. The average molecular weight is 449 g/mol. The lowest BCUT2D eigenvalue weighted by molar-refractivity contribution is 0.0694. The Morgan fingerprint density at radius 3 is 2.22 bits per heavy atom. The molecule has 0 aliphatic heterocycles. The van der Waals surface area contributed by atoms with Crippen molar-refractivity contribution in [2.45, 2.75) is 84.1 Å². The molecule has 178 valence electrons. The molecule has 0 saturated carbocycles. The molecule has 0 fully saturated rings. The number of benzene rings is 1. The van der Waals surface area contributed by atoms with Gasteiger partial charge in [0.2, 0.25) is 5.43 Å². The van der Waals surface area contributed by atoms with Crippen LogP contribution in [0.2, 0.25) is 0 Å². The number of nitrogens with one attached hydrogen (secondary N) is 1. The van der Waals surface area contributed by atoms with Gasteiger partial charge in [0.15, 0.2) is 0 Å². The lowest BCUT2D eigenvalue weighted by Crippen LogP contribution is -2.19. The van der Waals surface area contributed by atoms with E-state index in [-0.39, 0.29) is 23.2 Å². The second-order valence-corrected chi connectivity index (χ2v) is 8.41. The maximum absolute atomic E-state index is 14.5. The van der Waals surface area contributed by atoms with Crippen LogP contribution in [0.1, 0.15) is 87.9 Å². The van der Waals surface area contributed by atoms with Crippen LogP contribution >= 0.6 is 0 Å². The number of halogens is 1. The van der Waals surface area contributed by atoms with E-state index in [1.54, 1.807) is 10.6 Å². The predicted octanol–water partition coefficient (Wildman–Crippen LogP) is 5.55. The van der Waals surface area contributed by atoms with Crippen LogP contribution in [0, 0.1) is 5.82 Å². The number of aliphatic hydroxyl groups excluding tert-OH is 1. The third kappa shape index (κ3) is 7.62. The Morgan fingerprint density at radius 2 is 1.62 bits per heavy atom. The zero-order chi connectivity index (χ0) is 23.3. The number of unbranched alkanes of at least 4 members (excludes halogenated alkanes) is 9. The van der Waals surface area contributed by atoms with Crippen LogP contribution in [0.4, 0.5) is 10.1 Å². The molecule has 0 aliphatic rings. The number of nitrogens with zero attached hydrogens (tertiary/aromatic N) is 1. The number of aryl methyl sites for hydroxylation is 1. The van der Waals surface area contributed by atoms with Crippen molar-refractivity contribution in [1.82, 2.24) is 4.57 Å². The van der Waals surface area contributed by atoms with Crippen LogP contribution in [0.3, 0.4) is 0 Å². The van der Waals surface area contributed by atoms with Gasteiger partial charge in [0, 0.05) is 31.3 Å². The molecular weight excluding hydrogens is 411 g/mol. The van der Waals surface area contributed by atoms with Crippen LogP contribution in [-0.2, 0) is 6.54 Å². The molecule has 2 rings (SSSR count). The zero-order valence-corrected chi connectivity index (χ0v) is 19.2. The number of carboxylic acids is 1.